The number of hydrogen-bond donors (Lipinski definition) is 2. The van der Waals surface area contributed by atoms with Gasteiger partial charge in [-0.2, -0.15) is 11.8 Å². The lowest BCUT2D eigenvalue weighted by molar-refractivity contribution is -0.141. The number of rotatable bonds is 7. The third kappa shape index (κ3) is 6.12. The van der Waals surface area contributed by atoms with E-state index in [0.29, 0.717) is 17.2 Å². The number of carbonyl (C=O) groups excluding carboxylic acids is 1. The maximum absolute atomic E-state index is 11.7. The van der Waals surface area contributed by atoms with Gasteiger partial charge in [0.25, 0.3) is 0 Å². The van der Waals surface area contributed by atoms with Gasteiger partial charge in [-0.25, -0.2) is 4.79 Å². The Morgan fingerprint density at radius 3 is 2.60 bits per heavy atom. The van der Waals surface area contributed by atoms with Gasteiger partial charge in [-0.05, 0) is 42.2 Å². The molecule has 0 heterocycles. The van der Waals surface area contributed by atoms with Crippen LogP contribution in [0.3, 0.4) is 0 Å². The third-order valence-electron chi connectivity index (χ3n) is 2.52. The number of amides is 1. The molecule has 2 N–H and O–H groups in total. The van der Waals surface area contributed by atoms with E-state index in [1.54, 1.807) is 42.1 Å². The van der Waals surface area contributed by atoms with E-state index in [1.165, 1.54) is 6.08 Å². The second kappa shape index (κ2) is 8.66. The number of aliphatic carboxylic acids is 1. The van der Waals surface area contributed by atoms with Gasteiger partial charge in [-0.15, -0.1) is 0 Å². The van der Waals surface area contributed by atoms with E-state index in [0.717, 1.165) is 5.56 Å². The molecular weight excluding hydrogens is 298 g/mol. The minimum atomic E-state index is -1.02. The molecule has 1 aromatic rings. The average molecular weight is 314 g/mol. The van der Waals surface area contributed by atoms with E-state index in [2.05, 4.69) is 5.32 Å². The van der Waals surface area contributed by atoms with Crippen LogP contribution < -0.4 is 5.32 Å². The zero-order chi connectivity index (χ0) is 15.0. The van der Waals surface area contributed by atoms with Crippen molar-refractivity contribution < 1.29 is 14.7 Å². The third-order valence-corrected chi connectivity index (χ3v) is 3.42. The monoisotopic (exact) mass is 313 g/mol. The van der Waals surface area contributed by atoms with E-state index in [9.17, 15) is 9.59 Å². The summed E-state index contributed by atoms with van der Waals surface area (Å²) in [4.78, 5) is 22.7. The van der Waals surface area contributed by atoms with E-state index < -0.39 is 17.9 Å². The van der Waals surface area contributed by atoms with E-state index >= 15 is 0 Å². The molecule has 0 saturated carbocycles. The van der Waals surface area contributed by atoms with Crippen LogP contribution in [0.15, 0.2) is 30.3 Å². The van der Waals surface area contributed by atoms with Crippen molar-refractivity contribution in [1.82, 2.24) is 5.32 Å². The highest BCUT2D eigenvalue weighted by Crippen LogP contribution is 2.10. The molecule has 1 amide bonds. The molecule has 108 valence electrons. The summed E-state index contributed by atoms with van der Waals surface area (Å²) >= 11 is 7.30. The van der Waals surface area contributed by atoms with Crippen LogP contribution in [0.5, 0.6) is 0 Å². The van der Waals surface area contributed by atoms with Crippen LogP contribution in [0.4, 0.5) is 0 Å². The molecule has 1 atom stereocenters. The van der Waals surface area contributed by atoms with Crippen molar-refractivity contribution in [2.45, 2.75) is 12.5 Å². The Kier molecular flexibility index (Phi) is 7.18. The fourth-order valence-electron chi connectivity index (χ4n) is 1.46. The van der Waals surface area contributed by atoms with Gasteiger partial charge in [0.2, 0.25) is 5.91 Å². The highest BCUT2D eigenvalue weighted by atomic mass is 35.5. The van der Waals surface area contributed by atoms with Crippen LogP contribution >= 0.6 is 23.4 Å². The molecule has 0 radical (unpaired) electrons. The summed E-state index contributed by atoms with van der Waals surface area (Å²) in [5.74, 6) is -0.765. The normalized spacial score (nSPS) is 12.3. The highest BCUT2D eigenvalue weighted by Gasteiger charge is 2.17. The lowest BCUT2D eigenvalue weighted by Crippen LogP contribution is -2.40. The zero-order valence-corrected chi connectivity index (χ0v) is 12.6. The van der Waals surface area contributed by atoms with Gasteiger partial charge in [0.05, 0.1) is 0 Å². The number of hydrogen-bond acceptors (Lipinski definition) is 3. The van der Waals surface area contributed by atoms with Gasteiger partial charge < -0.3 is 10.4 Å². The topological polar surface area (TPSA) is 66.4 Å². The van der Waals surface area contributed by atoms with E-state index in [1.807, 2.05) is 6.26 Å². The molecule has 0 aliphatic carbocycles. The molecule has 1 unspecified atom stereocenters. The van der Waals surface area contributed by atoms with E-state index in [4.69, 9.17) is 16.7 Å². The summed E-state index contributed by atoms with van der Waals surface area (Å²) in [5, 5.41) is 12.1. The summed E-state index contributed by atoms with van der Waals surface area (Å²) in [6.07, 6.45) is 5.22. The van der Waals surface area contributed by atoms with Crippen molar-refractivity contribution in [2.24, 2.45) is 0 Å². The Hall–Kier alpha value is -1.46. The molecule has 0 aliphatic heterocycles. The van der Waals surface area contributed by atoms with Gasteiger partial charge in [0.15, 0.2) is 0 Å². The number of carboxylic acids is 1. The van der Waals surface area contributed by atoms with Gasteiger partial charge in [0.1, 0.15) is 6.04 Å². The molecule has 0 aliphatic rings. The summed E-state index contributed by atoms with van der Waals surface area (Å²) in [7, 11) is 0. The van der Waals surface area contributed by atoms with Crippen molar-refractivity contribution in [3.8, 4) is 0 Å². The molecule has 0 spiro atoms. The fraction of sp³-hybridized carbons (Fsp3) is 0.286. The first kappa shape index (κ1) is 16.6. The van der Waals surface area contributed by atoms with Crippen LogP contribution in [0.2, 0.25) is 5.02 Å². The van der Waals surface area contributed by atoms with Crippen molar-refractivity contribution >= 4 is 41.3 Å². The van der Waals surface area contributed by atoms with Crippen molar-refractivity contribution in [1.29, 1.82) is 0 Å². The number of nitrogens with one attached hydrogen (secondary N) is 1. The Morgan fingerprint density at radius 1 is 1.40 bits per heavy atom. The maximum atomic E-state index is 11.7. The van der Waals surface area contributed by atoms with Crippen LogP contribution in [0.1, 0.15) is 12.0 Å². The minimum Gasteiger partial charge on any atom is -0.480 e. The second-order valence-corrected chi connectivity index (χ2v) is 5.49. The van der Waals surface area contributed by atoms with Crippen molar-refractivity contribution in [2.75, 3.05) is 12.0 Å². The molecule has 0 fully saturated rings. The van der Waals surface area contributed by atoms with Gasteiger partial charge in [0, 0.05) is 11.1 Å². The minimum absolute atomic E-state index is 0.400. The van der Waals surface area contributed by atoms with Crippen LogP contribution in [-0.4, -0.2) is 35.0 Å². The molecule has 0 aromatic heterocycles. The van der Waals surface area contributed by atoms with Gasteiger partial charge >= 0.3 is 5.97 Å². The summed E-state index contributed by atoms with van der Waals surface area (Å²) < 4.78 is 0. The van der Waals surface area contributed by atoms with E-state index in [-0.39, 0.29) is 0 Å². The summed E-state index contributed by atoms with van der Waals surface area (Å²) in [6, 6.07) is 6.13. The van der Waals surface area contributed by atoms with Crippen molar-refractivity contribution in [3.63, 3.8) is 0 Å². The molecule has 20 heavy (non-hydrogen) atoms. The molecule has 4 nitrogen and oxygen atoms in total. The summed E-state index contributed by atoms with van der Waals surface area (Å²) in [6.45, 7) is 0. The lowest BCUT2D eigenvalue weighted by atomic mass is 10.2. The lowest BCUT2D eigenvalue weighted by Gasteiger charge is -2.12. The predicted octanol–water partition coefficient (Wildman–Crippen LogP) is 2.68. The first-order valence-corrected chi connectivity index (χ1v) is 7.76. The van der Waals surface area contributed by atoms with Crippen LogP contribution in [0.25, 0.3) is 6.08 Å². The highest BCUT2D eigenvalue weighted by molar-refractivity contribution is 7.98. The standard InChI is InChI=1S/C14H16ClNO3S/c1-20-9-8-12(14(18)19)16-13(17)7-4-10-2-5-11(15)6-3-10/h2-7,12H,8-9H2,1H3,(H,16,17)(H,18,19)/b7-4+. The van der Waals surface area contributed by atoms with Crippen LogP contribution in [-0.2, 0) is 9.59 Å². The van der Waals surface area contributed by atoms with Gasteiger partial charge in [-0.1, -0.05) is 23.7 Å². The predicted molar refractivity (Wildman–Crippen MR) is 83.1 cm³/mol. The largest absolute Gasteiger partial charge is 0.480 e. The Balaban J connectivity index is 2.56. The Morgan fingerprint density at radius 2 is 2.05 bits per heavy atom. The van der Waals surface area contributed by atoms with Gasteiger partial charge in [-0.3, -0.25) is 4.79 Å². The SMILES string of the molecule is CSCCC(NC(=O)/C=C/c1ccc(Cl)cc1)C(=O)O. The first-order valence-electron chi connectivity index (χ1n) is 5.99. The quantitative estimate of drug-likeness (QED) is 0.760. The molecular formula is C14H16ClNO3S. The molecule has 6 heteroatoms. The maximum Gasteiger partial charge on any atom is 0.326 e. The number of carboxylic acid groups (broad SMARTS) is 1. The van der Waals surface area contributed by atoms with Crippen LogP contribution in [0, 0.1) is 0 Å². The molecule has 0 saturated heterocycles. The Bertz CT molecular complexity index is 488. The Labute approximate surface area is 127 Å². The summed E-state index contributed by atoms with van der Waals surface area (Å²) in [5.41, 5.74) is 0.820. The number of thioether (sulfide) groups is 1. The molecule has 0 bridgehead atoms. The number of benzene rings is 1. The first-order chi connectivity index (χ1) is 9.52. The number of carbonyl (C=O) groups is 2. The second-order valence-electron chi connectivity index (χ2n) is 4.07. The molecule has 1 aromatic carbocycles. The zero-order valence-electron chi connectivity index (χ0n) is 11.0. The number of halogens is 1. The fourth-order valence-corrected chi connectivity index (χ4v) is 2.06. The van der Waals surface area contributed by atoms with Crippen molar-refractivity contribution in [3.05, 3.63) is 40.9 Å². The average Bonchev–Trinajstić information content (AvgIpc) is 2.42. The molecule has 1 rings (SSSR count). The smallest absolute Gasteiger partial charge is 0.326 e.